The summed E-state index contributed by atoms with van der Waals surface area (Å²) in [7, 11) is 0. The van der Waals surface area contributed by atoms with E-state index in [-0.39, 0.29) is 11.6 Å². The van der Waals surface area contributed by atoms with E-state index >= 15 is 0 Å². The molecule has 0 aromatic heterocycles. The molecule has 1 aliphatic rings. The summed E-state index contributed by atoms with van der Waals surface area (Å²) in [5, 5.41) is 13.1. The first kappa shape index (κ1) is 12.2. The van der Waals surface area contributed by atoms with Crippen molar-refractivity contribution in [2.75, 3.05) is 0 Å². The molecule has 3 heteroatoms. The molecule has 98 valence electrons. The van der Waals surface area contributed by atoms with Crippen molar-refractivity contribution in [2.24, 2.45) is 0 Å². The highest BCUT2D eigenvalue weighted by Crippen LogP contribution is 2.31. The molecule has 2 nitrogen and oxygen atoms in total. The fraction of sp³-hybridized carbons (Fsp3) is 0.250. The van der Waals surface area contributed by atoms with Crippen LogP contribution in [-0.2, 0) is 13.0 Å². The van der Waals surface area contributed by atoms with Crippen LogP contribution >= 0.6 is 0 Å². The van der Waals surface area contributed by atoms with Gasteiger partial charge in [-0.3, -0.25) is 0 Å². The summed E-state index contributed by atoms with van der Waals surface area (Å²) in [6, 6.07) is 12.7. The van der Waals surface area contributed by atoms with Gasteiger partial charge in [-0.1, -0.05) is 24.3 Å². The van der Waals surface area contributed by atoms with Crippen LogP contribution in [0.1, 0.15) is 29.2 Å². The van der Waals surface area contributed by atoms with Crippen molar-refractivity contribution in [2.45, 2.75) is 25.4 Å². The highest BCUT2D eigenvalue weighted by Gasteiger charge is 2.21. The highest BCUT2D eigenvalue weighted by molar-refractivity contribution is 5.35. The van der Waals surface area contributed by atoms with Gasteiger partial charge >= 0.3 is 0 Å². The van der Waals surface area contributed by atoms with Crippen LogP contribution in [0.2, 0.25) is 0 Å². The Morgan fingerprint density at radius 1 is 1.21 bits per heavy atom. The van der Waals surface area contributed by atoms with E-state index in [1.165, 1.54) is 29.3 Å². The molecule has 2 aromatic carbocycles. The molecule has 2 aromatic rings. The predicted octanol–water partition coefficient (Wildman–Crippen LogP) is 3.31. The molecule has 1 atom stereocenters. The molecule has 1 aliphatic carbocycles. The molecule has 0 aliphatic heterocycles. The molecular formula is C16H16FNO. The summed E-state index contributed by atoms with van der Waals surface area (Å²) in [4.78, 5) is 0. The van der Waals surface area contributed by atoms with E-state index in [0.29, 0.717) is 18.2 Å². The van der Waals surface area contributed by atoms with E-state index in [0.717, 1.165) is 12.8 Å². The number of hydrogen-bond donors (Lipinski definition) is 2. The molecule has 0 saturated carbocycles. The summed E-state index contributed by atoms with van der Waals surface area (Å²) in [6.45, 7) is 0.475. The van der Waals surface area contributed by atoms with Gasteiger partial charge in [0.05, 0.1) is 0 Å². The normalized spacial score (nSPS) is 17.4. The van der Waals surface area contributed by atoms with Gasteiger partial charge in [0.15, 0.2) is 0 Å². The van der Waals surface area contributed by atoms with Crippen molar-refractivity contribution in [3.63, 3.8) is 0 Å². The SMILES string of the molecule is Oc1ccc(F)cc1CNC1CCc2ccccc21. The monoisotopic (exact) mass is 257 g/mol. The Kier molecular flexibility index (Phi) is 3.22. The molecule has 0 saturated heterocycles. The maximum absolute atomic E-state index is 13.1. The molecule has 0 spiro atoms. The smallest absolute Gasteiger partial charge is 0.123 e. The van der Waals surface area contributed by atoms with Gasteiger partial charge in [-0.05, 0) is 42.2 Å². The van der Waals surface area contributed by atoms with Crippen LogP contribution < -0.4 is 5.32 Å². The van der Waals surface area contributed by atoms with Crippen molar-refractivity contribution in [1.29, 1.82) is 0 Å². The fourth-order valence-corrected chi connectivity index (χ4v) is 2.70. The van der Waals surface area contributed by atoms with Crippen molar-refractivity contribution >= 4 is 0 Å². The van der Waals surface area contributed by atoms with E-state index in [2.05, 4.69) is 23.5 Å². The average molecular weight is 257 g/mol. The lowest BCUT2D eigenvalue weighted by Crippen LogP contribution is -2.18. The van der Waals surface area contributed by atoms with Gasteiger partial charge in [0.1, 0.15) is 11.6 Å². The van der Waals surface area contributed by atoms with Crippen molar-refractivity contribution in [1.82, 2.24) is 5.32 Å². The summed E-state index contributed by atoms with van der Waals surface area (Å²) < 4.78 is 13.1. The number of halogens is 1. The standard InChI is InChI=1S/C16H16FNO/c17-13-6-8-16(19)12(9-13)10-18-15-7-5-11-3-1-2-4-14(11)15/h1-4,6,8-9,15,18-19H,5,7,10H2. The Hall–Kier alpha value is -1.87. The average Bonchev–Trinajstić information content (AvgIpc) is 2.83. The molecule has 0 fully saturated rings. The second-order valence-electron chi connectivity index (χ2n) is 4.94. The zero-order chi connectivity index (χ0) is 13.2. The van der Waals surface area contributed by atoms with Gasteiger partial charge in [-0.15, -0.1) is 0 Å². The molecule has 2 N–H and O–H groups in total. The van der Waals surface area contributed by atoms with E-state index in [1.807, 2.05) is 6.07 Å². The number of benzene rings is 2. The number of rotatable bonds is 3. The molecule has 19 heavy (non-hydrogen) atoms. The topological polar surface area (TPSA) is 32.3 Å². The zero-order valence-corrected chi connectivity index (χ0v) is 10.6. The highest BCUT2D eigenvalue weighted by atomic mass is 19.1. The first-order valence-corrected chi connectivity index (χ1v) is 6.52. The first-order valence-electron chi connectivity index (χ1n) is 6.52. The number of phenolic OH excluding ortho intramolecular Hbond substituents is 1. The quantitative estimate of drug-likeness (QED) is 0.884. The predicted molar refractivity (Wildman–Crippen MR) is 72.4 cm³/mol. The zero-order valence-electron chi connectivity index (χ0n) is 10.6. The van der Waals surface area contributed by atoms with Crippen LogP contribution in [0, 0.1) is 5.82 Å². The minimum Gasteiger partial charge on any atom is -0.508 e. The van der Waals surface area contributed by atoms with Crippen LogP contribution in [-0.4, -0.2) is 5.11 Å². The third-order valence-corrected chi connectivity index (χ3v) is 3.71. The summed E-state index contributed by atoms with van der Waals surface area (Å²) in [5.41, 5.74) is 3.30. The van der Waals surface area contributed by atoms with Gasteiger partial charge in [0.25, 0.3) is 0 Å². The Bertz CT molecular complexity index is 597. The summed E-state index contributed by atoms with van der Waals surface area (Å²) in [6.07, 6.45) is 2.12. The Morgan fingerprint density at radius 2 is 2.05 bits per heavy atom. The van der Waals surface area contributed by atoms with Crippen molar-refractivity contribution in [3.8, 4) is 5.75 Å². The Balaban J connectivity index is 1.72. The van der Waals surface area contributed by atoms with E-state index in [1.54, 1.807) is 0 Å². The lowest BCUT2D eigenvalue weighted by atomic mass is 10.1. The number of aromatic hydroxyl groups is 1. The molecule has 0 radical (unpaired) electrons. The molecule has 3 rings (SSSR count). The largest absolute Gasteiger partial charge is 0.508 e. The molecule has 0 amide bonds. The second kappa shape index (κ2) is 5.02. The minimum absolute atomic E-state index is 0.139. The number of phenols is 1. The number of hydrogen-bond acceptors (Lipinski definition) is 2. The maximum atomic E-state index is 13.1. The Morgan fingerprint density at radius 3 is 2.95 bits per heavy atom. The third kappa shape index (κ3) is 2.47. The lowest BCUT2D eigenvalue weighted by molar-refractivity contribution is 0.453. The van der Waals surface area contributed by atoms with Gasteiger partial charge < -0.3 is 10.4 Å². The van der Waals surface area contributed by atoms with Crippen molar-refractivity contribution in [3.05, 3.63) is 65.0 Å². The van der Waals surface area contributed by atoms with Gasteiger partial charge in [-0.2, -0.15) is 0 Å². The Labute approximate surface area is 111 Å². The molecule has 1 unspecified atom stereocenters. The lowest BCUT2D eigenvalue weighted by Gasteiger charge is -2.14. The number of nitrogens with one attached hydrogen (secondary N) is 1. The van der Waals surface area contributed by atoms with Gasteiger partial charge in [-0.25, -0.2) is 4.39 Å². The van der Waals surface area contributed by atoms with Crippen LogP contribution in [0.3, 0.4) is 0 Å². The minimum atomic E-state index is -0.318. The summed E-state index contributed by atoms with van der Waals surface area (Å²) in [5.74, 6) is -0.179. The molecule has 0 heterocycles. The van der Waals surface area contributed by atoms with Gasteiger partial charge in [0, 0.05) is 18.2 Å². The van der Waals surface area contributed by atoms with Crippen LogP contribution in [0.5, 0.6) is 5.75 Å². The van der Waals surface area contributed by atoms with Crippen LogP contribution in [0.4, 0.5) is 4.39 Å². The van der Waals surface area contributed by atoms with Crippen LogP contribution in [0.15, 0.2) is 42.5 Å². The van der Waals surface area contributed by atoms with E-state index in [4.69, 9.17) is 0 Å². The van der Waals surface area contributed by atoms with E-state index in [9.17, 15) is 9.50 Å². The fourth-order valence-electron chi connectivity index (χ4n) is 2.70. The number of fused-ring (bicyclic) bond motifs is 1. The maximum Gasteiger partial charge on any atom is 0.123 e. The van der Waals surface area contributed by atoms with Gasteiger partial charge in [0.2, 0.25) is 0 Å². The van der Waals surface area contributed by atoms with Crippen LogP contribution in [0.25, 0.3) is 0 Å². The molecule has 0 bridgehead atoms. The number of aryl methyl sites for hydroxylation is 1. The second-order valence-corrected chi connectivity index (χ2v) is 4.94. The molecular weight excluding hydrogens is 241 g/mol. The first-order chi connectivity index (χ1) is 9.24. The van der Waals surface area contributed by atoms with E-state index < -0.39 is 0 Å². The summed E-state index contributed by atoms with van der Waals surface area (Å²) >= 11 is 0. The van der Waals surface area contributed by atoms with Crippen molar-refractivity contribution < 1.29 is 9.50 Å². The third-order valence-electron chi connectivity index (χ3n) is 3.71.